The molecule has 2 aliphatic rings. The maximum atomic E-state index is 12.5. The molecule has 2 fully saturated rings. The summed E-state index contributed by atoms with van der Waals surface area (Å²) in [6, 6.07) is -0.781. The van der Waals surface area contributed by atoms with E-state index >= 15 is 0 Å². The van der Waals surface area contributed by atoms with Crippen LogP contribution < -0.4 is 0 Å². The van der Waals surface area contributed by atoms with Gasteiger partial charge >= 0.3 is 0 Å². The zero-order valence-corrected chi connectivity index (χ0v) is 23.1. The Balaban J connectivity index is 1.96. The van der Waals surface area contributed by atoms with Crippen LogP contribution in [-0.4, -0.2) is 192 Å². The third-order valence-corrected chi connectivity index (χ3v) is 7.50. The zero-order chi connectivity index (χ0) is 31.2. The van der Waals surface area contributed by atoms with Crippen LogP contribution >= 0.6 is 0 Å². The number of carbonyl (C=O) groups excluding carboxylic acids is 1. The summed E-state index contributed by atoms with van der Waals surface area (Å²) >= 11 is 0. The minimum atomic E-state index is -2.09. The number of aliphatic hydroxyl groups is 11. The van der Waals surface area contributed by atoms with Gasteiger partial charge in [0, 0.05) is 0 Å². The van der Waals surface area contributed by atoms with Crippen LogP contribution in [0.1, 0.15) is 20.8 Å². The van der Waals surface area contributed by atoms with Gasteiger partial charge in [0.25, 0.3) is 0 Å². The molecule has 0 saturated carbocycles. The minimum absolute atomic E-state index is 0.490. The summed E-state index contributed by atoms with van der Waals surface area (Å²) in [4.78, 5) is 14.2. The van der Waals surface area contributed by atoms with Crippen LogP contribution in [0.5, 0.6) is 0 Å². The van der Waals surface area contributed by atoms with E-state index < -0.39 is 117 Å². The van der Waals surface area contributed by atoms with Crippen LogP contribution in [0.15, 0.2) is 0 Å². The van der Waals surface area contributed by atoms with E-state index in [0.717, 1.165) is 0 Å². The third kappa shape index (κ3) is 8.57. The highest BCUT2D eigenvalue weighted by atomic mass is 16.7. The molecule has 0 bridgehead atoms. The lowest BCUT2D eigenvalue weighted by Crippen LogP contribution is -2.62. The Morgan fingerprint density at radius 2 is 1.24 bits per heavy atom. The van der Waals surface area contributed by atoms with Gasteiger partial charge in [-0.1, -0.05) is 13.8 Å². The normalized spacial score (nSPS) is 38.3. The van der Waals surface area contributed by atoms with E-state index in [2.05, 4.69) is 0 Å². The molecule has 0 aromatic rings. The molecule has 0 aliphatic carbocycles. The lowest BCUT2D eigenvalue weighted by atomic mass is 9.96. The molecule has 17 heteroatoms. The molecule has 15 atom stereocenters. The highest BCUT2D eigenvalue weighted by molar-refractivity contribution is 5.88. The number of hydrogen-bond donors (Lipinski definition) is 11. The first-order valence-electron chi connectivity index (χ1n) is 13.4. The number of likely N-dealkylation sites (N-methyl/N-ethyl adjacent to an activating group) is 1. The van der Waals surface area contributed by atoms with Gasteiger partial charge in [0.1, 0.15) is 73.2 Å². The number of nitrogens with zero attached hydrogens (tertiary/aromatic N) is 1. The van der Waals surface area contributed by atoms with Crippen molar-refractivity contribution in [1.82, 2.24) is 4.90 Å². The molecule has 2 saturated heterocycles. The summed E-state index contributed by atoms with van der Waals surface area (Å²) in [5.74, 6) is -0.779. The number of Topliss-reactive ketones (excluding diaryl/α,β-unsaturated/α-hetero) is 1. The number of ketones is 1. The molecule has 2 heterocycles. The first-order chi connectivity index (χ1) is 19.2. The molecule has 0 amide bonds. The molecule has 41 heavy (non-hydrogen) atoms. The van der Waals surface area contributed by atoms with Crippen molar-refractivity contribution in [2.75, 3.05) is 32.9 Å². The lowest BCUT2D eigenvalue weighted by Gasteiger charge is -2.42. The summed E-state index contributed by atoms with van der Waals surface area (Å²) in [5.41, 5.74) is 0. The topological polar surface area (TPSA) is 280 Å². The number of ether oxygens (including phenoxy) is 4. The van der Waals surface area contributed by atoms with Gasteiger partial charge in [-0.05, 0) is 20.0 Å². The van der Waals surface area contributed by atoms with Gasteiger partial charge in [0.2, 0.25) is 0 Å². The van der Waals surface area contributed by atoms with Gasteiger partial charge in [-0.15, -0.1) is 0 Å². The molecule has 15 unspecified atom stereocenters. The largest absolute Gasteiger partial charge is 0.394 e. The van der Waals surface area contributed by atoms with Crippen molar-refractivity contribution in [3.05, 3.63) is 0 Å². The average Bonchev–Trinajstić information content (AvgIpc) is 2.97. The SMILES string of the molecule is CCN(CC)C(C)C(=O)C(O)C(O)C(O)C(O)COC1OC(COC2OC(CO)C(O)C(O)C2O)C(O)C(O)C1O. The lowest BCUT2D eigenvalue weighted by molar-refractivity contribution is -0.333. The summed E-state index contributed by atoms with van der Waals surface area (Å²) in [6.45, 7) is 3.96. The van der Waals surface area contributed by atoms with E-state index in [9.17, 15) is 61.0 Å². The number of rotatable bonds is 15. The second kappa shape index (κ2) is 16.2. The highest BCUT2D eigenvalue weighted by Gasteiger charge is 2.48. The van der Waals surface area contributed by atoms with Gasteiger partial charge in [0.15, 0.2) is 18.4 Å². The van der Waals surface area contributed by atoms with Gasteiger partial charge in [0.05, 0.1) is 25.9 Å². The van der Waals surface area contributed by atoms with Crippen molar-refractivity contribution < 1.29 is 79.9 Å². The standard InChI is InChI=1S/C24H45NO16/c1-4-25(5-2)9(3)13(28)17(32)18(33)14(29)10(27)7-38-23-22(37)20(35)16(31)12(41-23)8-39-24-21(36)19(34)15(30)11(6-26)40-24/h9-12,14-24,26-27,29-37H,4-8H2,1-3H3. The Morgan fingerprint density at radius 1 is 0.756 bits per heavy atom. The van der Waals surface area contributed by atoms with E-state index in [0.29, 0.717) is 13.1 Å². The molecule has 2 aliphatic heterocycles. The summed E-state index contributed by atoms with van der Waals surface area (Å²) < 4.78 is 21.1. The van der Waals surface area contributed by atoms with Crippen molar-refractivity contribution in [3.63, 3.8) is 0 Å². The molecule has 0 spiro atoms. The quantitative estimate of drug-likeness (QED) is 0.0829. The number of aliphatic hydroxyl groups excluding tert-OH is 11. The molecule has 2 rings (SSSR count). The predicted octanol–water partition coefficient (Wildman–Crippen LogP) is -6.63. The van der Waals surface area contributed by atoms with Crippen LogP contribution in [0.3, 0.4) is 0 Å². The second-order valence-corrected chi connectivity index (χ2v) is 10.2. The smallest absolute Gasteiger partial charge is 0.186 e. The van der Waals surface area contributed by atoms with Crippen LogP contribution in [0.4, 0.5) is 0 Å². The Morgan fingerprint density at radius 3 is 1.76 bits per heavy atom. The van der Waals surface area contributed by atoms with Crippen molar-refractivity contribution >= 4 is 5.78 Å². The number of hydrogen-bond acceptors (Lipinski definition) is 17. The molecule has 17 nitrogen and oxygen atoms in total. The van der Waals surface area contributed by atoms with E-state index in [1.807, 2.05) is 0 Å². The molecule has 242 valence electrons. The zero-order valence-electron chi connectivity index (χ0n) is 23.1. The summed E-state index contributed by atoms with van der Waals surface area (Å²) in [5, 5.41) is 111. The fourth-order valence-electron chi connectivity index (χ4n) is 4.66. The predicted molar refractivity (Wildman–Crippen MR) is 134 cm³/mol. The van der Waals surface area contributed by atoms with E-state index in [1.54, 1.807) is 18.7 Å². The fourth-order valence-corrected chi connectivity index (χ4v) is 4.66. The molecular weight excluding hydrogens is 558 g/mol. The number of carbonyl (C=O) groups is 1. The second-order valence-electron chi connectivity index (χ2n) is 10.2. The molecule has 0 radical (unpaired) electrons. The van der Waals surface area contributed by atoms with Gasteiger partial charge in [-0.2, -0.15) is 0 Å². The first kappa shape index (κ1) is 36.2. The maximum Gasteiger partial charge on any atom is 0.186 e. The average molecular weight is 604 g/mol. The van der Waals surface area contributed by atoms with E-state index in [-0.39, 0.29) is 0 Å². The van der Waals surface area contributed by atoms with E-state index in [1.165, 1.54) is 6.92 Å². The van der Waals surface area contributed by atoms with Crippen LogP contribution in [-0.2, 0) is 23.7 Å². The van der Waals surface area contributed by atoms with Gasteiger partial charge in [-0.25, -0.2) is 0 Å². The van der Waals surface area contributed by atoms with Gasteiger partial charge < -0.3 is 75.1 Å². The van der Waals surface area contributed by atoms with Crippen molar-refractivity contribution in [2.24, 2.45) is 0 Å². The monoisotopic (exact) mass is 603 g/mol. The van der Waals surface area contributed by atoms with Crippen LogP contribution in [0.25, 0.3) is 0 Å². The fraction of sp³-hybridized carbons (Fsp3) is 0.958. The van der Waals surface area contributed by atoms with Gasteiger partial charge in [-0.3, -0.25) is 9.69 Å². The maximum absolute atomic E-state index is 12.5. The van der Waals surface area contributed by atoms with Crippen molar-refractivity contribution in [2.45, 2.75) is 113 Å². The molecule has 0 aromatic heterocycles. The molecule has 0 aromatic carbocycles. The Hall–Kier alpha value is -0.970. The Bertz CT molecular complexity index is 789. The molecule has 11 N–H and O–H groups in total. The van der Waals surface area contributed by atoms with Crippen molar-refractivity contribution in [1.29, 1.82) is 0 Å². The third-order valence-electron chi connectivity index (χ3n) is 7.50. The van der Waals surface area contributed by atoms with Crippen LogP contribution in [0.2, 0.25) is 0 Å². The molecular formula is C24H45NO16. The van der Waals surface area contributed by atoms with E-state index in [4.69, 9.17) is 18.9 Å². The minimum Gasteiger partial charge on any atom is -0.394 e. The first-order valence-corrected chi connectivity index (χ1v) is 13.4. The summed E-state index contributed by atoms with van der Waals surface area (Å²) in [7, 11) is 0. The van der Waals surface area contributed by atoms with Crippen molar-refractivity contribution in [3.8, 4) is 0 Å². The summed E-state index contributed by atoms with van der Waals surface area (Å²) in [6.07, 6.45) is -24.7. The Kier molecular flexibility index (Phi) is 14.3. The highest BCUT2D eigenvalue weighted by Crippen LogP contribution is 2.26. The van der Waals surface area contributed by atoms with Crippen LogP contribution in [0, 0.1) is 0 Å². The Labute approximate surface area is 236 Å².